The standard InChI is InChI=1S/C17H17BrN2O3/c1-23-11-10-19-16(21)12-6-8-13(9-7-12)20-17(22)14-4-2-3-5-15(14)18/h2-9H,10-11H2,1H3,(H,19,21)(H,20,22). The van der Waals surface area contributed by atoms with Crippen molar-refractivity contribution in [3.63, 3.8) is 0 Å². The lowest BCUT2D eigenvalue weighted by molar-refractivity contribution is 0.0936. The molecule has 2 N–H and O–H groups in total. The van der Waals surface area contributed by atoms with E-state index in [4.69, 9.17) is 4.74 Å². The average molecular weight is 377 g/mol. The van der Waals surface area contributed by atoms with Crippen LogP contribution in [-0.2, 0) is 4.74 Å². The van der Waals surface area contributed by atoms with E-state index in [1.807, 2.05) is 12.1 Å². The van der Waals surface area contributed by atoms with Crippen LogP contribution in [-0.4, -0.2) is 32.1 Å². The summed E-state index contributed by atoms with van der Waals surface area (Å²) in [6.07, 6.45) is 0. The van der Waals surface area contributed by atoms with Gasteiger partial charge >= 0.3 is 0 Å². The van der Waals surface area contributed by atoms with Gasteiger partial charge in [-0.15, -0.1) is 0 Å². The van der Waals surface area contributed by atoms with Crippen LogP contribution >= 0.6 is 15.9 Å². The van der Waals surface area contributed by atoms with Crippen LogP contribution in [0.2, 0.25) is 0 Å². The van der Waals surface area contributed by atoms with Crippen molar-refractivity contribution in [3.8, 4) is 0 Å². The topological polar surface area (TPSA) is 67.4 Å². The van der Waals surface area contributed by atoms with Crippen LogP contribution in [0.5, 0.6) is 0 Å². The highest BCUT2D eigenvalue weighted by atomic mass is 79.9. The summed E-state index contributed by atoms with van der Waals surface area (Å²) in [4.78, 5) is 24.1. The SMILES string of the molecule is COCCNC(=O)c1ccc(NC(=O)c2ccccc2Br)cc1. The van der Waals surface area contributed by atoms with Crippen molar-refractivity contribution in [3.05, 3.63) is 64.1 Å². The van der Waals surface area contributed by atoms with Crippen LogP contribution in [0, 0.1) is 0 Å². The Labute approximate surface area is 143 Å². The van der Waals surface area contributed by atoms with Crippen molar-refractivity contribution in [2.24, 2.45) is 0 Å². The number of nitrogens with one attached hydrogen (secondary N) is 2. The predicted molar refractivity (Wildman–Crippen MR) is 92.7 cm³/mol. The van der Waals surface area contributed by atoms with E-state index in [1.54, 1.807) is 43.5 Å². The first-order valence-corrected chi connectivity index (χ1v) is 7.84. The van der Waals surface area contributed by atoms with E-state index >= 15 is 0 Å². The van der Waals surface area contributed by atoms with Crippen molar-refractivity contribution in [1.82, 2.24) is 5.32 Å². The first-order valence-electron chi connectivity index (χ1n) is 7.05. The summed E-state index contributed by atoms with van der Waals surface area (Å²) < 4.78 is 5.60. The minimum Gasteiger partial charge on any atom is -0.383 e. The first-order chi connectivity index (χ1) is 11.1. The molecule has 0 unspecified atom stereocenters. The van der Waals surface area contributed by atoms with Gasteiger partial charge in [0.05, 0.1) is 12.2 Å². The second-order valence-corrected chi connectivity index (χ2v) is 5.61. The Bertz CT molecular complexity index is 686. The van der Waals surface area contributed by atoms with Crippen molar-refractivity contribution in [2.45, 2.75) is 0 Å². The largest absolute Gasteiger partial charge is 0.383 e. The number of halogens is 1. The molecule has 2 aromatic carbocycles. The average Bonchev–Trinajstić information content (AvgIpc) is 2.56. The summed E-state index contributed by atoms with van der Waals surface area (Å²) in [5.41, 5.74) is 1.70. The number of benzene rings is 2. The zero-order valence-corrected chi connectivity index (χ0v) is 14.2. The van der Waals surface area contributed by atoms with E-state index in [-0.39, 0.29) is 11.8 Å². The second kappa shape index (κ2) is 8.45. The Balaban J connectivity index is 1.99. The predicted octanol–water partition coefficient (Wildman–Crippen LogP) is 3.08. The van der Waals surface area contributed by atoms with Gasteiger partial charge in [0.25, 0.3) is 11.8 Å². The van der Waals surface area contributed by atoms with Gasteiger partial charge in [0.1, 0.15) is 0 Å². The molecule has 0 saturated carbocycles. The van der Waals surface area contributed by atoms with Crippen LogP contribution in [0.4, 0.5) is 5.69 Å². The van der Waals surface area contributed by atoms with Gasteiger partial charge in [-0.05, 0) is 52.3 Å². The molecule has 0 fully saturated rings. The normalized spacial score (nSPS) is 10.2. The van der Waals surface area contributed by atoms with Gasteiger partial charge in [-0.2, -0.15) is 0 Å². The highest BCUT2D eigenvalue weighted by Crippen LogP contribution is 2.18. The highest BCUT2D eigenvalue weighted by Gasteiger charge is 2.10. The maximum atomic E-state index is 12.2. The van der Waals surface area contributed by atoms with Crippen molar-refractivity contribution in [1.29, 1.82) is 0 Å². The third-order valence-corrected chi connectivity index (χ3v) is 3.81. The molecule has 0 aliphatic carbocycles. The summed E-state index contributed by atoms with van der Waals surface area (Å²) in [6.45, 7) is 0.918. The molecule has 0 aliphatic rings. The Morgan fingerprint density at radius 2 is 1.74 bits per heavy atom. The van der Waals surface area contributed by atoms with Gasteiger partial charge in [0.2, 0.25) is 0 Å². The molecule has 0 aromatic heterocycles. The number of hydrogen-bond donors (Lipinski definition) is 2. The Morgan fingerprint density at radius 3 is 2.39 bits per heavy atom. The number of amides is 2. The molecule has 0 saturated heterocycles. The lowest BCUT2D eigenvalue weighted by atomic mass is 10.1. The van der Waals surface area contributed by atoms with Crippen LogP contribution in [0.25, 0.3) is 0 Å². The summed E-state index contributed by atoms with van der Waals surface area (Å²) >= 11 is 3.35. The van der Waals surface area contributed by atoms with Gasteiger partial charge in [-0.25, -0.2) is 0 Å². The second-order valence-electron chi connectivity index (χ2n) is 4.76. The van der Waals surface area contributed by atoms with Gasteiger partial charge in [0.15, 0.2) is 0 Å². The van der Waals surface area contributed by atoms with Crippen LogP contribution in [0.1, 0.15) is 20.7 Å². The molecule has 0 radical (unpaired) electrons. The minimum atomic E-state index is -0.213. The van der Waals surface area contributed by atoms with Crippen molar-refractivity contribution in [2.75, 3.05) is 25.6 Å². The van der Waals surface area contributed by atoms with E-state index in [9.17, 15) is 9.59 Å². The van der Waals surface area contributed by atoms with Gasteiger partial charge < -0.3 is 15.4 Å². The molecular formula is C17H17BrN2O3. The fourth-order valence-electron chi connectivity index (χ4n) is 1.92. The number of methoxy groups -OCH3 is 1. The van der Waals surface area contributed by atoms with E-state index in [2.05, 4.69) is 26.6 Å². The monoisotopic (exact) mass is 376 g/mol. The maximum Gasteiger partial charge on any atom is 0.256 e. The fourth-order valence-corrected chi connectivity index (χ4v) is 2.38. The molecule has 0 spiro atoms. The van der Waals surface area contributed by atoms with E-state index < -0.39 is 0 Å². The molecule has 120 valence electrons. The summed E-state index contributed by atoms with van der Waals surface area (Å²) in [6, 6.07) is 13.9. The molecule has 2 amide bonds. The summed E-state index contributed by atoms with van der Waals surface area (Å²) in [5.74, 6) is -0.388. The number of carbonyl (C=O) groups is 2. The molecule has 0 heterocycles. The zero-order valence-electron chi connectivity index (χ0n) is 12.6. The van der Waals surface area contributed by atoms with Crippen LogP contribution < -0.4 is 10.6 Å². The molecule has 23 heavy (non-hydrogen) atoms. The van der Waals surface area contributed by atoms with E-state index in [1.165, 1.54) is 0 Å². The number of hydrogen-bond acceptors (Lipinski definition) is 3. The molecular weight excluding hydrogens is 360 g/mol. The molecule has 2 rings (SSSR count). The Morgan fingerprint density at radius 1 is 1.04 bits per heavy atom. The summed E-state index contributed by atoms with van der Waals surface area (Å²) in [5, 5.41) is 5.53. The molecule has 0 bridgehead atoms. The smallest absolute Gasteiger partial charge is 0.256 e. The van der Waals surface area contributed by atoms with E-state index in [0.29, 0.717) is 30.0 Å². The molecule has 5 nitrogen and oxygen atoms in total. The van der Waals surface area contributed by atoms with Gasteiger partial charge in [-0.1, -0.05) is 12.1 Å². The van der Waals surface area contributed by atoms with Crippen LogP contribution in [0.15, 0.2) is 53.0 Å². The Kier molecular flexibility index (Phi) is 6.31. The third-order valence-electron chi connectivity index (χ3n) is 3.12. The van der Waals surface area contributed by atoms with Crippen molar-refractivity contribution < 1.29 is 14.3 Å². The summed E-state index contributed by atoms with van der Waals surface area (Å²) in [7, 11) is 1.58. The lowest BCUT2D eigenvalue weighted by Gasteiger charge is -2.08. The highest BCUT2D eigenvalue weighted by molar-refractivity contribution is 9.10. The zero-order chi connectivity index (χ0) is 16.7. The maximum absolute atomic E-state index is 12.2. The molecule has 0 aliphatic heterocycles. The van der Waals surface area contributed by atoms with Gasteiger partial charge in [-0.3, -0.25) is 9.59 Å². The molecule has 0 atom stereocenters. The number of anilines is 1. The number of carbonyl (C=O) groups excluding carboxylic acids is 2. The molecule has 2 aromatic rings. The first kappa shape index (κ1) is 17.2. The lowest BCUT2D eigenvalue weighted by Crippen LogP contribution is -2.26. The minimum absolute atomic E-state index is 0.175. The van der Waals surface area contributed by atoms with Gasteiger partial charge in [0, 0.05) is 29.4 Å². The fraction of sp³-hybridized carbons (Fsp3) is 0.176. The quantitative estimate of drug-likeness (QED) is 0.761. The van der Waals surface area contributed by atoms with Crippen LogP contribution in [0.3, 0.4) is 0 Å². The third kappa shape index (κ3) is 4.91. The Hall–Kier alpha value is -2.18. The van der Waals surface area contributed by atoms with E-state index in [0.717, 1.165) is 4.47 Å². The number of rotatable bonds is 6. The number of ether oxygens (including phenoxy) is 1. The molecule has 6 heteroatoms. The van der Waals surface area contributed by atoms with Crippen molar-refractivity contribution >= 4 is 33.4 Å².